The van der Waals surface area contributed by atoms with Gasteiger partial charge < -0.3 is 29.3 Å². The number of nitrogens with one attached hydrogen (secondary N) is 1. The van der Waals surface area contributed by atoms with Gasteiger partial charge in [-0.3, -0.25) is 0 Å². The lowest BCUT2D eigenvalue weighted by atomic mass is 10.1. The van der Waals surface area contributed by atoms with E-state index in [-0.39, 0.29) is 12.4 Å². The predicted molar refractivity (Wildman–Crippen MR) is 131 cm³/mol. The van der Waals surface area contributed by atoms with Gasteiger partial charge in [0.1, 0.15) is 35.5 Å². The predicted octanol–water partition coefficient (Wildman–Crippen LogP) is 3.91. The van der Waals surface area contributed by atoms with Gasteiger partial charge in [0, 0.05) is 11.4 Å². The molecule has 0 radical (unpaired) electrons. The van der Waals surface area contributed by atoms with Gasteiger partial charge in [-0.25, -0.2) is 0 Å². The van der Waals surface area contributed by atoms with E-state index >= 15 is 0 Å². The van der Waals surface area contributed by atoms with E-state index in [1.807, 2.05) is 13.8 Å². The second-order valence-corrected chi connectivity index (χ2v) is 9.11. The summed E-state index contributed by atoms with van der Waals surface area (Å²) in [6.07, 6.45) is 0.230. The van der Waals surface area contributed by atoms with Crippen LogP contribution in [0.3, 0.4) is 0 Å². The number of aliphatic hydroxyl groups excluding tert-OH is 1. The zero-order chi connectivity index (χ0) is 24.6. The second-order valence-electron chi connectivity index (χ2n) is 8.06. The van der Waals surface area contributed by atoms with Gasteiger partial charge in [-0.15, -0.1) is 11.8 Å². The van der Waals surface area contributed by atoms with E-state index in [2.05, 4.69) is 44.9 Å². The third-order valence-corrected chi connectivity index (χ3v) is 6.26. The molecule has 0 aliphatic carbocycles. The van der Waals surface area contributed by atoms with Crippen LogP contribution in [0.5, 0.6) is 11.5 Å². The Morgan fingerprint density at radius 1 is 1.03 bits per heavy atom. The Labute approximate surface area is 207 Å². The lowest BCUT2D eigenvalue weighted by Gasteiger charge is -2.13. The minimum absolute atomic E-state index is 0.182. The number of hydrogen-bond acceptors (Lipinski definition) is 10. The molecule has 4 aromatic rings. The van der Waals surface area contributed by atoms with Crippen LogP contribution in [0, 0.1) is 13.8 Å². The summed E-state index contributed by atoms with van der Waals surface area (Å²) in [5, 5.41) is 30.6. The molecular formula is C25H28N4O5S. The topological polar surface area (TPSA) is 127 Å². The molecule has 10 heteroatoms. The van der Waals surface area contributed by atoms with Gasteiger partial charge in [0.05, 0.1) is 11.4 Å². The molecule has 0 amide bonds. The van der Waals surface area contributed by atoms with Crippen molar-refractivity contribution in [1.29, 1.82) is 0 Å². The monoisotopic (exact) mass is 496 g/mol. The Morgan fingerprint density at radius 2 is 1.80 bits per heavy atom. The molecular weight excluding hydrogens is 468 g/mol. The van der Waals surface area contributed by atoms with Crippen molar-refractivity contribution in [3.05, 3.63) is 71.4 Å². The zero-order valence-electron chi connectivity index (χ0n) is 19.6. The fourth-order valence-electron chi connectivity index (χ4n) is 3.40. The first-order chi connectivity index (χ1) is 17.0. The van der Waals surface area contributed by atoms with Crippen LogP contribution in [0.2, 0.25) is 0 Å². The van der Waals surface area contributed by atoms with E-state index in [1.54, 1.807) is 36.0 Å². The number of ether oxygens (including phenoxy) is 1. The van der Waals surface area contributed by atoms with Crippen molar-refractivity contribution in [1.82, 2.24) is 20.6 Å². The first-order valence-electron chi connectivity index (χ1n) is 11.3. The smallest absolute Gasteiger partial charge is 0.263 e. The molecule has 2 heterocycles. The number of hydrogen-bond donors (Lipinski definition) is 3. The van der Waals surface area contributed by atoms with Crippen molar-refractivity contribution in [3.63, 3.8) is 0 Å². The van der Waals surface area contributed by atoms with Gasteiger partial charge in [0.2, 0.25) is 0 Å². The Kier molecular flexibility index (Phi) is 8.40. The van der Waals surface area contributed by atoms with E-state index < -0.39 is 6.10 Å². The molecule has 2 aromatic carbocycles. The highest BCUT2D eigenvalue weighted by Gasteiger charge is 2.18. The van der Waals surface area contributed by atoms with Crippen LogP contribution < -0.4 is 10.1 Å². The Balaban J connectivity index is 1.15. The first kappa shape index (κ1) is 24.8. The largest absolute Gasteiger partial charge is 0.508 e. The molecule has 4 rings (SSSR count). The number of rotatable bonds is 12. The van der Waals surface area contributed by atoms with Gasteiger partial charge in [-0.2, -0.15) is 4.98 Å². The number of aliphatic hydroxyl groups is 1. The molecule has 0 spiro atoms. The standard InChI is InChI=1S/C25H28N4O5S/c1-16-24(17(2)33-28-16)25-27-23(29-34-25)15-35-22-9-3-18(4-10-22)11-12-26-13-20(31)14-32-21-7-5-19(30)6-8-21/h3-10,20,26,30-31H,11-15H2,1-2H3/t20-/m1/s1. The fraction of sp³-hybridized carbons (Fsp3) is 0.320. The quantitative estimate of drug-likeness (QED) is 0.196. The SMILES string of the molecule is Cc1noc(C)c1-c1nc(CSc2ccc(CCNC[C@@H](O)COc3ccc(O)cc3)cc2)no1. The van der Waals surface area contributed by atoms with Gasteiger partial charge >= 0.3 is 0 Å². The third-order valence-electron chi connectivity index (χ3n) is 5.26. The molecule has 0 bridgehead atoms. The molecule has 3 N–H and O–H groups in total. The van der Waals surface area contributed by atoms with Crippen molar-refractivity contribution in [2.24, 2.45) is 0 Å². The van der Waals surface area contributed by atoms with E-state index in [4.69, 9.17) is 13.8 Å². The average Bonchev–Trinajstić information content (AvgIpc) is 3.46. The minimum atomic E-state index is -0.620. The summed E-state index contributed by atoms with van der Waals surface area (Å²) >= 11 is 1.64. The Hall–Kier alpha value is -3.34. The number of phenols is 1. The molecule has 0 aliphatic heterocycles. The van der Waals surface area contributed by atoms with Gasteiger partial charge in [-0.05, 0) is 68.8 Å². The molecule has 2 aromatic heterocycles. The Morgan fingerprint density at radius 3 is 2.51 bits per heavy atom. The maximum absolute atomic E-state index is 10.1. The molecule has 0 saturated heterocycles. The van der Waals surface area contributed by atoms with Crippen LogP contribution in [0.25, 0.3) is 11.5 Å². The van der Waals surface area contributed by atoms with E-state index in [1.165, 1.54) is 5.56 Å². The molecule has 1 atom stereocenters. The van der Waals surface area contributed by atoms with E-state index in [9.17, 15) is 10.2 Å². The number of aryl methyl sites for hydroxylation is 2. The van der Waals surface area contributed by atoms with Crippen molar-refractivity contribution < 1.29 is 24.0 Å². The number of thioether (sulfide) groups is 1. The van der Waals surface area contributed by atoms with Gasteiger partial charge in [-0.1, -0.05) is 22.4 Å². The second kappa shape index (κ2) is 11.9. The molecule has 9 nitrogen and oxygen atoms in total. The third kappa shape index (κ3) is 7.08. The van der Waals surface area contributed by atoms with Crippen molar-refractivity contribution in [3.8, 4) is 23.0 Å². The average molecular weight is 497 g/mol. The van der Waals surface area contributed by atoms with Gasteiger partial charge in [0.25, 0.3) is 5.89 Å². The summed E-state index contributed by atoms with van der Waals surface area (Å²) < 4.78 is 16.1. The molecule has 0 fully saturated rings. The van der Waals surface area contributed by atoms with Crippen molar-refractivity contribution >= 4 is 11.8 Å². The summed E-state index contributed by atoms with van der Waals surface area (Å²) in [6, 6.07) is 14.8. The maximum Gasteiger partial charge on any atom is 0.263 e. The van der Waals surface area contributed by atoms with Crippen LogP contribution in [-0.2, 0) is 12.2 Å². The fourth-order valence-corrected chi connectivity index (χ4v) is 4.14. The van der Waals surface area contributed by atoms with Crippen molar-refractivity contribution in [2.45, 2.75) is 37.0 Å². The molecule has 0 aliphatic rings. The van der Waals surface area contributed by atoms with Crippen LogP contribution in [0.1, 0.15) is 22.8 Å². The highest BCUT2D eigenvalue weighted by molar-refractivity contribution is 7.98. The summed E-state index contributed by atoms with van der Waals surface area (Å²) in [5.41, 5.74) is 2.69. The van der Waals surface area contributed by atoms with E-state index in [0.29, 0.717) is 35.5 Å². The highest BCUT2D eigenvalue weighted by Crippen LogP contribution is 2.27. The minimum Gasteiger partial charge on any atom is -0.508 e. The normalized spacial score (nSPS) is 12.1. The molecule has 184 valence electrons. The highest BCUT2D eigenvalue weighted by atomic mass is 32.2. The summed E-state index contributed by atoms with van der Waals surface area (Å²) in [4.78, 5) is 5.58. The molecule has 0 unspecified atom stereocenters. The van der Waals surface area contributed by atoms with Crippen LogP contribution >= 0.6 is 11.8 Å². The summed E-state index contributed by atoms with van der Waals surface area (Å²) in [5.74, 6) is 3.09. The summed E-state index contributed by atoms with van der Waals surface area (Å²) in [7, 11) is 0. The van der Waals surface area contributed by atoms with Crippen LogP contribution in [0.4, 0.5) is 0 Å². The number of aromatic nitrogens is 3. The first-order valence-corrected chi connectivity index (χ1v) is 12.2. The Bertz CT molecular complexity index is 1190. The molecule has 0 saturated carbocycles. The lowest BCUT2D eigenvalue weighted by Crippen LogP contribution is -2.32. The zero-order valence-corrected chi connectivity index (χ0v) is 20.4. The maximum atomic E-state index is 10.1. The number of nitrogens with zero attached hydrogens (tertiary/aromatic N) is 3. The van der Waals surface area contributed by atoms with Gasteiger partial charge in [0.15, 0.2) is 5.82 Å². The summed E-state index contributed by atoms with van der Waals surface area (Å²) in [6.45, 7) is 5.03. The molecule has 35 heavy (non-hydrogen) atoms. The van der Waals surface area contributed by atoms with Crippen molar-refractivity contribution in [2.75, 3.05) is 19.7 Å². The number of phenolic OH excluding ortho intramolecular Hbond substituents is 1. The number of benzene rings is 2. The lowest BCUT2D eigenvalue weighted by molar-refractivity contribution is 0.106. The van der Waals surface area contributed by atoms with Crippen LogP contribution in [-0.4, -0.2) is 51.3 Å². The number of aromatic hydroxyl groups is 1. The van der Waals surface area contributed by atoms with E-state index in [0.717, 1.165) is 29.1 Å². The van der Waals surface area contributed by atoms with Crippen LogP contribution in [0.15, 0.2) is 62.5 Å².